The number of halogens is 3. The summed E-state index contributed by atoms with van der Waals surface area (Å²) >= 11 is 0. The van der Waals surface area contributed by atoms with Crippen molar-refractivity contribution in [1.29, 1.82) is 0 Å². The van der Waals surface area contributed by atoms with Crippen molar-refractivity contribution < 1.29 is 18.0 Å². The zero-order chi connectivity index (χ0) is 20.1. The Morgan fingerprint density at radius 1 is 1.07 bits per heavy atom. The maximum atomic E-state index is 12.7. The molecule has 5 nitrogen and oxygen atoms in total. The number of hydrogen-bond acceptors (Lipinski definition) is 4. The Hall–Kier alpha value is -3.68. The Morgan fingerprint density at radius 3 is 2.50 bits per heavy atom. The Labute approximate surface area is 159 Å². The lowest BCUT2D eigenvalue weighted by molar-refractivity contribution is -0.137. The van der Waals surface area contributed by atoms with E-state index in [2.05, 4.69) is 27.2 Å². The number of alkyl halides is 3. The van der Waals surface area contributed by atoms with Crippen LogP contribution in [-0.2, 0) is 11.0 Å². The third-order valence-corrected chi connectivity index (χ3v) is 3.77. The van der Waals surface area contributed by atoms with Gasteiger partial charge in [-0.25, -0.2) is 4.98 Å². The summed E-state index contributed by atoms with van der Waals surface area (Å²) in [5.74, 6) is -0.120. The zero-order valence-electron chi connectivity index (χ0n) is 14.5. The van der Waals surface area contributed by atoms with Crippen LogP contribution in [-0.4, -0.2) is 15.9 Å². The molecule has 28 heavy (non-hydrogen) atoms. The van der Waals surface area contributed by atoms with Gasteiger partial charge in [0.2, 0.25) is 5.91 Å². The average Bonchev–Trinajstić information content (AvgIpc) is 2.69. The average molecular weight is 384 g/mol. The van der Waals surface area contributed by atoms with Gasteiger partial charge in [-0.1, -0.05) is 12.6 Å². The number of carbonyl (C=O) groups is 1. The fraction of sp³-hybridized carbons (Fsp3) is 0.0500. The van der Waals surface area contributed by atoms with Gasteiger partial charge in [0.15, 0.2) is 0 Å². The number of nitrogens with one attached hydrogen (secondary N) is 2. The van der Waals surface area contributed by atoms with Crippen LogP contribution in [0, 0.1) is 0 Å². The van der Waals surface area contributed by atoms with E-state index in [0.29, 0.717) is 22.6 Å². The lowest BCUT2D eigenvalue weighted by atomic mass is 10.1. The molecule has 0 unspecified atom stereocenters. The van der Waals surface area contributed by atoms with Crippen molar-refractivity contribution in [2.75, 3.05) is 10.6 Å². The van der Waals surface area contributed by atoms with Crippen molar-refractivity contribution in [1.82, 2.24) is 9.97 Å². The predicted octanol–water partition coefficient (Wildman–Crippen LogP) is 5.03. The number of anilines is 3. The second-order valence-electron chi connectivity index (χ2n) is 5.72. The first-order chi connectivity index (χ1) is 13.4. The molecule has 0 aliphatic rings. The molecule has 0 bridgehead atoms. The number of amides is 1. The minimum absolute atomic E-state index is 0.244. The fourth-order valence-corrected chi connectivity index (χ4v) is 2.43. The fourth-order valence-electron chi connectivity index (χ4n) is 2.43. The van der Waals surface area contributed by atoms with Crippen LogP contribution >= 0.6 is 0 Å². The molecule has 0 spiro atoms. The second kappa shape index (κ2) is 7.91. The molecule has 1 amide bonds. The number of rotatable bonds is 5. The number of aromatic nitrogens is 2. The summed E-state index contributed by atoms with van der Waals surface area (Å²) in [7, 11) is 0. The Kier molecular flexibility index (Phi) is 5.39. The molecule has 3 aromatic rings. The molecule has 0 saturated heterocycles. The largest absolute Gasteiger partial charge is 0.417 e. The first-order valence-corrected chi connectivity index (χ1v) is 8.16. The van der Waals surface area contributed by atoms with Gasteiger partial charge in [-0.3, -0.25) is 9.78 Å². The first-order valence-electron chi connectivity index (χ1n) is 8.16. The van der Waals surface area contributed by atoms with Crippen LogP contribution in [0.4, 0.5) is 30.4 Å². The molecule has 0 fully saturated rings. The van der Waals surface area contributed by atoms with Crippen molar-refractivity contribution in [2.24, 2.45) is 0 Å². The summed E-state index contributed by atoms with van der Waals surface area (Å²) in [5, 5.41) is 5.66. The number of carbonyl (C=O) groups excluding carboxylic acids is 1. The number of nitrogens with zero attached hydrogens (tertiary/aromatic N) is 2. The summed E-state index contributed by atoms with van der Waals surface area (Å²) in [5.41, 5.74) is 1.53. The van der Waals surface area contributed by atoms with Gasteiger partial charge in [0, 0.05) is 29.3 Å². The molecular formula is C20H15F3N4O. The smallest absolute Gasteiger partial charge is 0.340 e. The molecule has 0 aliphatic carbocycles. The highest BCUT2D eigenvalue weighted by molar-refractivity contribution is 5.99. The van der Waals surface area contributed by atoms with Gasteiger partial charge in [-0.2, -0.15) is 13.2 Å². The molecular weight excluding hydrogens is 369 g/mol. The molecule has 8 heteroatoms. The van der Waals surface area contributed by atoms with Crippen LogP contribution in [0.3, 0.4) is 0 Å². The van der Waals surface area contributed by atoms with Gasteiger partial charge >= 0.3 is 6.18 Å². The maximum absolute atomic E-state index is 12.7. The minimum atomic E-state index is -4.45. The molecule has 0 aliphatic heterocycles. The highest BCUT2D eigenvalue weighted by Crippen LogP contribution is 2.33. The van der Waals surface area contributed by atoms with E-state index in [1.165, 1.54) is 6.07 Å². The molecule has 2 aromatic heterocycles. The van der Waals surface area contributed by atoms with E-state index in [1.807, 2.05) is 0 Å². The van der Waals surface area contributed by atoms with E-state index in [4.69, 9.17) is 0 Å². The summed E-state index contributed by atoms with van der Waals surface area (Å²) in [4.78, 5) is 19.7. The van der Waals surface area contributed by atoms with Crippen LogP contribution in [0.15, 0.2) is 73.6 Å². The van der Waals surface area contributed by atoms with E-state index in [-0.39, 0.29) is 11.7 Å². The van der Waals surface area contributed by atoms with Crippen LogP contribution in [0.5, 0.6) is 0 Å². The van der Waals surface area contributed by atoms with Gasteiger partial charge in [0.25, 0.3) is 0 Å². The van der Waals surface area contributed by atoms with Gasteiger partial charge in [-0.05, 0) is 48.5 Å². The molecule has 3 rings (SSSR count). The maximum Gasteiger partial charge on any atom is 0.417 e. The topological polar surface area (TPSA) is 66.9 Å². The van der Waals surface area contributed by atoms with Crippen LogP contribution in [0.25, 0.3) is 11.3 Å². The van der Waals surface area contributed by atoms with Crippen molar-refractivity contribution in [3.63, 3.8) is 0 Å². The number of benzene rings is 1. The normalized spacial score (nSPS) is 11.0. The van der Waals surface area contributed by atoms with Crippen LogP contribution in [0.1, 0.15) is 5.56 Å². The van der Waals surface area contributed by atoms with Crippen LogP contribution < -0.4 is 10.6 Å². The monoisotopic (exact) mass is 384 g/mol. The Morgan fingerprint density at radius 2 is 1.89 bits per heavy atom. The standard InChI is InChI=1S/C20H15F3N4O/c1-2-19(28)26-14-7-8-17(15(11-14)16-5-3-4-10-24-16)27-18-9-6-13(12-25-18)20(21,22)23/h2-12H,1H2,(H,25,27)(H,26,28). The summed E-state index contributed by atoms with van der Waals surface area (Å²) in [6, 6.07) is 12.6. The first kappa shape index (κ1) is 19.1. The van der Waals surface area contributed by atoms with Crippen molar-refractivity contribution in [3.8, 4) is 11.3 Å². The SMILES string of the molecule is C=CC(=O)Nc1ccc(Nc2ccc(C(F)(F)F)cn2)c(-c2ccccn2)c1. The van der Waals surface area contributed by atoms with Gasteiger partial charge in [0.1, 0.15) is 5.82 Å². The predicted molar refractivity (Wildman–Crippen MR) is 101 cm³/mol. The molecule has 0 atom stereocenters. The summed E-state index contributed by atoms with van der Waals surface area (Å²) in [6.45, 7) is 3.41. The zero-order valence-corrected chi connectivity index (χ0v) is 14.5. The third-order valence-electron chi connectivity index (χ3n) is 3.77. The minimum Gasteiger partial charge on any atom is -0.340 e. The number of pyridine rings is 2. The van der Waals surface area contributed by atoms with Crippen molar-refractivity contribution in [2.45, 2.75) is 6.18 Å². The van der Waals surface area contributed by atoms with E-state index < -0.39 is 11.7 Å². The molecule has 2 heterocycles. The van der Waals surface area contributed by atoms with Crippen molar-refractivity contribution >= 4 is 23.1 Å². The molecule has 0 radical (unpaired) electrons. The van der Waals surface area contributed by atoms with Crippen LogP contribution in [0.2, 0.25) is 0 Å². The quantitative estimate of drug-likeness (QED) is 0.606. The van der Waals surface area contributed by atoms with E-state index in [0.717, 1.165) is 18.3 Å². The molecule has 1 aromatic carbocycles. The molecule has 142 valence electrons. The van der Waals surface area contributed by atoms with Gasteiger partial charge in [-0.15, -0.1) is 0 Å². The Balaban J connectivity index is 1.95. The second-order valence-corrected chi connectivity index (χ2v) is 5.72. The van der Waals surface area contributed by atoms with E-state index in [1.54, 1.807) is 42.6 Å². The van der Waals surface area contributed by atoms with Gasteiger partial charge < -0.3 is 10.6 Å². The van der Waals surface area contributed by atoms with Crippen molar-refractivity contribution in [3.05, 3.63) is 79.1 Å². The summed E-state index contributed by atoms with van der Waals surface area (Å²) in [6.07, 6.45) is -0.916. The van der Waals surface area contributed by atoms with E-state index in [9.17, 15) is 18.0 Å². The third kappa shape index (κ3) is 4.53. The van der Waals surface area contributed by atoms with Gasteiger partial charge in [0.05, 0.1) is 11.3 Å². The molecule has 0 saturated carbocycles. The van der Waals surface area contributed by atoms with E-state index >= 15 is 0 Å². The Bertz CT molecular complexity index is 987. The highest BCUT2D eigenvalue weighted by atomic mass is 19.4. The highest BCUT2D eigenvalue weighted by Gasteiger charge is 2.30. The lowest BCUT2D eigenvalue weighted by Gasteiger charge is -2.14. The summed E-state index contributed by atoms with van der Waals surface area (Å²) < 4.78 is 38.1. The molecule has 2 N–H and O–H groups in total. The lowest BCUT2D eigenvalue weighted by Crippen LogP contribution is -2.08. The number of hydrogen-bond donors (Lipinski definition) is 2.